The van der Waals surface area contributed by atoms with Crippen molar-refractivity contribution in [2.24, 2.45) is 0 Å². The largest absolute Gasteiger partial charge is 0.493 e. The molecular formula is C9H11BO3. The number of hydrogen-bond acceptors (Lipinski definition) is 3. The first-order valence-corrected chi connectivity index (χ1v) is 4.35. The van der Waals surface area contributed by atoms with E-state index in [1.165, 1.54) is 23.3 Å². The van der Waals surface area contributed by atoms with E-state index in [1.54, 1.807) is 0 Å². The van der Waals surface area contributed by atoms with Crippen LogP contribution in [-0.2, 0) is 0 Å². The summed E-state index contributed by atoms with van der Waals surface area (Å²) in [7, 11) is -0.750. The lowest BCUT2D eigenvalue weighted by Gasteiger charge is -2.37. The lowest BCUT2D eigenvalue weighted by molar-refractivity contribution is 0.243. The zero-order valence-corrected chi connectivity index (χ0v) is 7.23. The molecule has 1 aromatic carbocycles. The van der Waals surface area contributed by atoms with Gasteiger partial charge < -0.3 is 14.8 Å². The molecule has 0 saturated carbocycles. The fourth-order valence-electron chi connectivity index (χ4n) is 1.97. The standard InChI is InChI=1S/C9H8O.BH3O2/c1-2-7-6-4-5-10-9(7)8(6)3-1;2-1-3/h1-3,6H,4-5H2;1-3H. The highest BCUT2D eigenvalue weighted by molar-refractivity contribution is 6.13. The van der Waals surface area contributed by atoms with Crippen LogP contribution >= 0.6 is 0 Å². The van der Waals surface area contributed by atoms with Gasteiger partial charge in [0.25, 0.3) is 0 Å². The van der Waals surface area contributed by atoms with Crippen molar-refractivity contribution in [3.8, 4) is 5.75 Å². The Morgan fingerprint density at radius 2 is 1.92 bits per heavy atom. The van der Waals surface area contributed by atoms with Gasteiger partial charge in [0.05, 0.1) is 6.61 Å². The summed E-state index contributed by atoms with van der Waals surface area (Å²) in [5.41, 5.74) is 2.87. The lowest BCUT2D eigenvalue weighted by atomic mass is 9.75. The van der Waals surface area contributed by atoms with E-state index < -0.39 is 7.69 Å². The highest BCUT2D eigenvalue weighted by atomic mass is 16.5. The van der Waals surface area contributed by atoms with Crippen molar-refractivity contribution in [2.75, 3.05) is 6.61 Å². The highest BCUT2D eigenvalue weighted by Crippen LogP contribution is 2.52. The van der Waals surface area contributed by atoms with E-state index in [4.69, 9.17) is 14.8 Å². The SMILES string of the molecule is OBO.c1cc2c3c(c1)C2CCO3. The van der Waals surface area contributed by atoms with Gasteiger partial charge in [0.15, 0.2) is 0 Å². The average Bonchev–Trinajstić information content (AvgIpc) is 2.22. The Bertz CT molecular complexity index is 291. The van der Waals surface area contributed by atoms with E-state index in [1.807, 2.05) is 0 Å². The Labute approximate surface area is 77.3 Å². The van der Waals surface area contributed by atoms with Crippen molar-refractivity contribution < 1.29 is 14.8 Å². The maximum Gasteiger partial charge on any atom is 0.432 e. The average molecular weight is 178 g/mol. The summed E-state index contributed by atoms with van der Waals surface area (Å²) in [6.07, 6.45) is 1.19. The highest BCUT2D eigenvalue weighted by Gasteiger charge is 2.35. The van der Waals surface area contributed by atoms with Crippen LogP contribution in [0.25, 0.3) is 0 Å². The summed E-state index contributed by atoms with van der Waals surface area (Å²) in [6.45, 7) is 0.925. The van der Waals surface area contributed by atoms with Crippen molar-refractivity contribution in [2.45, 2.75) is 12.3 Å². The van der Waals surface area contributed by atoms with Crippen LogP contribution in [0.5, 0.6) is 5.75 Å². The summed E-state index contributed by atoms with van der Waals surface area (Å²) in [5.74, 6) is 1.92. The zero-order valence-electron chi connectivity index (χ0n) is 7.23. The number of rotatable bonds is 0. The number of hydrogen-bond donors (Lipinski definition) is 2. The van der Waals surface area contributed by atoms with Crippen LogP contribution in [0.4, 0.5) is 0 Å². The fraction of sp³-hybridized carbons (Fsp3) is 0.333. The first-order chi connectivity index (χ1) is 6.38. The van der Waals surface area contributed by atoms with Crippen LogP contribution in [0.15, 0.2) is 18.2 Å². The minimum atomic E-state index is -0.750. The van der Waals surface area contributed by atoms with Crippen molar-refractivity contribution in [3.63, 3.8) is 0 Å². The van der Waals surface area contributed by atoms with Crippen LogP contribution in [-0.4, -0.2) is 24.3 Å². The van der Waals surface area contributed by atoms with E-state index in [0.717, 1.165) is 12.5 Å². The third-order valence-electron chi connectivity index (χ3n) is 2.48. The van der Waals surface area contributed by atoms with E-state index in [0.29, 0.717) is 0 Å². The molecule has 0 aromatic heterocycles. The second kappa shape index (κ2) is 3.40. The van der Waals surface area contributed by atoms with E-state index in [-0.39, 0.29) is 0 Å². The van der Waals surface area contributed by atoms with Crippen LogP contribution in [0.2, 0.25) is 0 Å². The number of ether oxygens (including phenoxy) is 1. The minimum Gasteiger partial charge on any atom is -0.493 e. The Balaban J connectivity index is 0.000000196. The molecule has 0 atom stereocenters. The zero-order chi connectivity index (χ0) is 9.26. The van der Waals surface area contributed by atoms with Crippen molar-refractivity contribution in [3.05, 3.63) is 29.3 Å². The van der Waals surface area contributed by atoms with Gasteiger partial charge >= 0.3 is 7.69 Å². The molecule has 13 heavy (non-hydrogen) atoms. The third kappa shape index (κ3) is 1.22. The summed E-state index contributed by atoms with van der Waals surface area (Å²) in [6, 6.07) is 6.46. The van der Waals surface area contributed by atoms with E-state index in [9.17, 15) is 0 Å². The Hall–Kier alpha value is -0.995. The Kier molecular flexibility index (Phi) is 2.25. The molecule has 0 radical (unpaired) electrons. The third-order valence-corrected chi connectivity index (χ3v) is 2.48. The normalized spacial score (nSPS) is 16.2. The minimum absolute atomic E-state index is 0.744. The summed E-state index contributed by atoms with van der Waals surface area (Å²) >= 11 is 0. The van der Waals surface area contributed by atoms with Gasteiger partial charge in [-0.25, -0.2) is 0 Å². The van der Waals surface area contributed by atoms with Gasteiger partial charge in [0.1, 0.15) is 5.75 Å². The topological polar surface area (TPSA) is 49.7 Å². The van der Waals surface area contributed by atoms with E-state index in [2.05, 4.69) is 18.2 Å². The van der Waals surface area contributed by atoms with Crippen molar-refractivity contribution in [1.82, 2.24) is 0 Å². The van der Waals surface area contributed by atoms with Crippen LogP contribution in [0.3, 0.4) is 0 Å². The van der Waals surface area contributed by atoms with Gasteiger partial charge in [-0.1, -0.05) is 18.2 Å². The van der Waals surface area contributed by atoms with Gasteiger partial charge in [-0.2, -0.15) is 0 Å². The molecule has 2 aliphatic carbocycles. The second-order valence-corrected chi connectivity index (χ2v) is 3.10. The number of para-hydroxylation sites is 1. The lowest BCUT2D eigenvalue weighted by Crippen LogP contribution is -2.25. The quantitative estimate of drug-likeness (QED) is 0.556. The predicted octanol–water partition coefficient (Wildman–Crippen LogP) is 0.152. The first-order valence-electron chi connectivity index (χ1n) is 4.35. The smallest absolute Gasteiger partial charge is 0.432 e. The Morgan fingerprint density at radius 3 is 2.31 bits per heavy atom. The molecule has 1 aromatic rings. The molecule has 0 unspecified atom stereocenters. The van der Waals surface area contributed by atoms with Gasteiger partial charge in [-0.05, 0) is 6.42 Å². The molecule has 4 rings (SSSR count). The van der Waals surface area contributed by atoms with Gasteiger partial charge in [0.2, 0.25) is 0 Å². The fourth-order valence-corrected chi connectivity index (χ4v) is 1.97. The van der Waals surface area contributed by atoms with Gasteiger partial charge in [-0.15, -0.1) is 0 Å². The molecular weight excluding hydrogens is 167 g/mol. The summed E-state index contributed by atoms with van der Waals surface area (Å²) in [5, 5.41) is 14.2. The first kappa shape index (κ1) is 8.60. The second-order valence-electron chi connectivity index (χ2n) is 3.10. The molecule has 0 amide bonds. The molecule has 3 nitrogen and oxygen atoms in total. The van der Waals surface area contributed by atoms with Crippen LogP contribution in [0, 0.1) is 0 Å². The summed E-state index contributed by atoms with van der Waals surface area (Å²) < 4.78 is 5.47. The maximum absolute atomic E-state index is 7.12. The molecule has 0 spiro atoms. The van der Waals surface area contributed by atoms with Crippen molar-refractivity contribution >= 4 is 7.69 Å². The molecule has 1 aliphatic heterocycles. The molecule has 68 valence electrons. The summed E-state index contributed by atoms with van der Waals surface area (Å²) in [4.78, 5) is 0. The molecule has 4 heteroatoms. The molecule has 0 saturated heterocycles. The molecule has 3 aliphatic rings. The van der Waals surface area contributed by atoms with Gasteiger partial charge in [-0.3, -0.25) is 0 Å². The molecule has 0 fully saturated rings. The molecule has 2 N–H and O–H groups in total. The maximum atomic E-state index is 7.12. The Morgan fingerprint density at radius 1 is 1.31 bits per heavy atom. The number of fused-ring (bicyclic) bond motifs is 2. The van der Waals surface area contributed by atoms with Crippen LogP contribution in [0.1, 0.15) is 23.5 Å². The van der Waals surface area contributed by atoms with Crippen molar-refractivity contribution in [1.29, 1.82) is 0 Å². The molecule has 1 heterocycles. The molecule has 4 bridgehead atoms. The monoisotopic (exact) mass is 178 g/mol. The van der Waals surface area contributed by atoms with Gasteiger partial charge in [0, 0.05) is 17.0 Å². The predicted molar refractivity (Wildman–Crippen MR) is 50.0 cm³/mol. The van der Waals surface area contributed by atoms with Crippen LogP contribution < -0.4 is 4.74 Å². The number of benzene rings is 1. The van der Waals surface area contributed by atoms with E-state index >= 15 is 0 Å².